The summed E-state index contributed by atoms with van der Waals surface area (Å²) >= 11 is 0. The lowest BCUT2D eigenvalue weighted by Crippen LogP contribution is -2.32. The lowest BCUT2D eigenvalue weighted by molar-refractivity contribution is 0.374. The molecule has 0 fully saturated rings. The van der Waals surface area contributed by atoms with Crippen LogP contribution in [0.25, 0.3) is 0 Å². The molecular weight excluding hydrogens is 198 g/mol. The molecule has 88 valence electrons. The Morgan fingerprint density at radius 1 is 1.69 bits per heavy atom. The van der Waals surface area contributed by atoms with Gasteiger partial charge in [0.05, 0.1) is 6.26 Å². The van der Waals surface area contributed by atoms with Gasteiger partial charge < -0.3 is 9.73 Å². The molecule has 1 aliphatic rings. The number of aryl methyl sites for hydroxylation is 1. The Labute approximate surface area is 97.7 Å². The molecule has 0 radical (unpaired) electrons. The van der Waals surface area contributed by atoms with Gasteiger partial charge in [-0.1, -0.05) is 6.08 Å². The van der Waals surface area contributed by atoms with E-state index in [9.17, 15) is 0 Å². The summed E-state index contributed by atoms with van der Waals surface area (Å²) < 4.78 is 5.49. The Hall–Kier alpha value is -1.02. The van der Waals surface area contributed by atoms with Gasteiger partial charge in [-0.3, -0.25) is 0 Å². The van der Waals surface area contributed by atoms with Gasteiger partial charge >= 0.3 is 0 Å². The fourth-order valence-corrected chi connectivity index (χ4v) is 2.45. The van der Waals surface area contributed by atoms with Crippen LogP contribution < -0.4 is 5.32 Å². The van der Waals surface area contributed by atoms with Crippen molar-refractivity contribution in [3.05, 3.63) is 36.3 Å². The van der Waals surface area contributed by atoms with E-state index in [4.69, 9.17) is 4.42 Å². The van der Waals surface area contributed by atoms with Crippen LogP contribution in [0.4, 0.5) is 0 Å². The fourth-order valence-electron chi connectivity index (χ4n) is 2.45. The first-order valence-electron chi connectivity index (χ1n) is 6.24. The molecule has 2 nitrogen and oxygen atoms in total. The Morgan fingerprint density at radius 2 is 2.56 bits per heavy atom. The first-order valence-corrected chi connectivity index (χ1v) is 6.24. The molecule has 1 heterocycles. The van der Waals surface area contributed by atoms with E-state index in [-0.39, 0.29) is 0 Å². The van der Waals surface area contributed by atoms with E-state index >= 15 is 0 Å². The zero-order chi connectivity index (χ0) is 11.4. The maximum Gasteiger partial charge on any atom is 0.108 e. The van der Waals surface area contributed by atoms with Crippen molar-refractivity contribution in [2.75, 3.05) is 0 Å². The molecule has 0 amide bonds. The standard InChI is InChI=1S/C14H21NO/c1-3-4-6-11(2)15-13-7-5-8-14-12(13)9-10-16-14/h3,9-11,13,15H,1,4-8H2,2H3. The summed E-state index contributed by atoms with van der Waals surface area (Å²) in [6.07, 6.45) is 9.60. The molecule has 2 heteroatoms. The van der Waals surface area contributed by atoms with E-state index < -0.39 is 0 Å². The van der Waals surface area contributed by atoms with Gasteiger partial charge in [0.1, 0.15) is 5.76 Å². The van der Waals surface area contributed by atoms with E-state index in [1.807, 2.05) is 12.3 Å². The summed E-state index contributed by atoms with van der Waals surface area (Å²) in [4.78, 5) is 0. The highest BCUT2D eigenvalue weighted by atomic mass is 16.3. The molecule has 1 N–H and O–H groups in total. The van der Waals surface area contributed by atoms with Crippen molar-refractivity contribution in [3.63, 3.8) is 0 Å². The van der Waals surface area contributed by atoms with Crippen LogP contribution in [0.1, 0.15) is 50.0 Å². The van der Waals surface area contributed by atoms with Gasteiger partial charge in [-0.2, -0.15) is 0 Å². The Morgan fingerprint density at radius 3 is 3.38 bits per heavy atom. The number of allylic oxidation sites excluding steroid dienone is 1. The number of nitrogens with one attached hydrogen (secondary N) is 1. The van der Waals surface area contributed by atoms with Crippen LogP contribution in [-0.2, 0) is 6.42 Å². The van der Waals surface area contributed by atoms with Gasteiger partial charge in [0, 0.05) is 24.1 Å². The van der Waals surface area contributed by atoms with Crippen LogP contribution in [0.2, 0.25) is 0 Å². The van der Waals surface area contributed by atoms with Crippen LogP contribution >= 0.6 is 0 Å². The summed E-state index contributed by atoms with van der Waals surface area (Å²) in [7, 11) is 0. The molecule has 1 aromatic heterocycles. The van der Waals surface area contributed by atoms with E-state index in [1.165, 1.54) is 24.2 Å². The first-order chi connectivity index (χ1) is 7.81. The summed E-state index contributed by atoms with van der Waals surface area (Å²) in [6, 6.07) is 3.15. The van der Waals surface area contributed by atoms with Crippen LogP contribution in [0.3, 0.4) is 0 Å². The second-order valence-electron chi connectivity index (χ2n) is 4.68. The first kappa shape index (κ1) is 11.5. The van der Waals surface area contributed by atoms with E-state index in [1.54, 1.807) is 0 Å². The number of hydrogen-bond donors (Lipinski definition) is 1. The highest BCUT2D eigenvalue weighted by Gasteiger charge is 2.23. The average Bonchev–Trinajstić information content (AvgIpc) is 2.75. The molecule has 0 aliphatic heterocycles. The van der Waals surface area contributed by atoms with Gasteiger partial charge in [-0.25, -0.2) is 0 Å². The molecule has 0 saturated carbocycles. The second kappa shape index (κ2) is 5.35. The molecule has 2 atom stereocenters. The van der Waals surface area contributed by atoms with Crippen molar-refractivity contribution < 1.29 is 4.42 Å². The van der Waals surface area contributed by atoms with Crippen molar-refractivity contribution in [2.45, 2.75) is 51.1 Å². The highest BCUT2D eigenvalue weighted by molar-refractivity contribution is 5.24. The van der Waals surface area contributed by atoms with Crippen molar-refractivity contribution >= 4 is 0 Å². The average molecular weight is 219 g/mol. The molecule has 2 rings (SSSR count). The van der Waals surface area contributed by atoms with Gasteiger partial charge in [-0.15, -0.1) is 6.58 Å². The van der Waals surface area contributed by atoms with Gasteiger partial charge in [0.25, 0.3) is 0 Å². The highest BCUT2D eigenvalue weighted by Crippen LogP contribution is 2.30. The molecular formula is C14H21NO. The Balaban J connectivity index is 1.94. The zero-order valence-corrected chi connectivity index (χ0v) is 10.0. The van der Waals surface area contributed by atoms with E-state index in [0.717, 1.165) is 19.3 Å². The summed E-state index contributed by atoms with van der Waals surface area (Å²) in [5, 5.41) is 3.69. The number of rotatable bonds is 5. The molecule has 0 aromatic carbocycles. The van der Waals surface area contributed by atoms with Gasteiger partial charge in [0.2, 0.25) is 0 Å². The number of hydrogen-bond acceptors (Lipinski definition) is 2. The van der Waals surface area contributed by atoms with E-state index in [2.05, 4.69) is 24.9 Å². The minimum absolute atomic E-state index is 0.488. The molecule has 0 spiro atoms. The number of fused-ring (bicyclic) bond motifs is 1. The summed E-state index contributed by atoms with van der Waals surface area (Å²) in [6.45, 7) is 6.01. The van der Waals surface area contributed by atoms with Crippen LogP contribution in [0.5, 0.6) is 0 Å². The quantitative estimate of drug-likeness (QED) is 0.765. The maximum absolute atomic E-state index is 5.49. The molecule has 0 saturated heterocycles. The van der Waals surface area contributed by atoms with Crippen molar-refractivity contribution in [1.82, 2.24) is 5.32 Å². The normalized spacial score (nSPS) is 21.4. The van der Waals surface area contributed by atoms with Gasteiger partial charge in [-0.05, 0) is 38.7 Å². The monoisotopic (exact) mass is 219 g/mol. The maximum atomic E-state index is 5.49. The minimum Gasteiger partial charge on any atom is -0.469 e. The lowest BCUT2D eigenvalue weighted by Gasteiger charge is -2.26. The third-order valence-corrected chi connectivity index (χ3v) is 3.34. The van der Waals surface area contributed by atoms with Crippen molar-refractivity contribution in [3.8, 4) is 0 Å². The van der Waals surface area contributed by atoms with Crippen LogP contribution in [0.15, 0.2) is 29.4 Å². The second-order valence-corrected chi connectivity index (χ2v) is 4.68. The third kappa shape index (κ3) is 2.56. The Bertz CT molecular complexity index is 342. The topological polar surface area (TPSA) is 25.2 Å². The zero-order valence-electron chi connectivity index (χ0n) is 10.0. The fraction of sp³-hybridized carbons (Fsp3) is 0.571. The predicted octanol–water partition coefficient (Wildman–Crippen LogP) is 3.60. The SMILES string of the molecule is C=CCCC(C)NC1CCCc2occc21. The third-order valence-electron chi connectivity index (χ3n) is 3.34. The summed E-state index contributed by atoms with van der Waals surface area (Å²) in [5.41, 5.74) is 1.37. The molecule has 1 aliphatic carbocycles. The molecule has 0 bridgehead atoms. The van der Waals surface area contributed by atoms with Crippen molar-refractivity contribution in [2.24, 2.45) is 0 Å². The lowest BCUT2D eigenvalue weighted by atomic mass is 9.92. The van der Waals surface area contributed by atoms with Crippen LogP contribution in [-0.4, -0.2) is 6.04 Å². The summed E-state index contributed by atoms with van der Waals surface area (Å²) in [5.74, 6) is 1.18. The van der Waals surface area contributed by atoms with Crippen LogP contribution in [0, 0.1) is 0 Å². The largest absolute Gasteiger partial charge is 0.469 e. The Kier molecular flexibility index (Phi) is 3.83. The smallest absolute Gasteiger partial charge is 0.108 e. The predicted molar refractivity (Wildman–Crippen MR) is 66.4 cm³/mol. The molecule has 2 unspecified atom stereocenters. The number of furan rings is 1. The minimum atomic E-state index is 0.488. The van der Waals surface area contributed by atoms with Gasteiger partial charge in [0.15, 0.2) is 0 Å². The van der Waals surface area contributed by atoms with Crippen molar-refractivity contribution in [1.29, 1.82) is 0 Å². The molecule has 1 aromatic rings. The molecule has 16 heavy (non-hydrogen) atoms. The van der Waals surface area contributed by atoms with E-state index in [0.29, 0.717) is 12.1 Å².